The van der Waals surface area contributed by atoms with E-state index in [0.717, 1.165) is 70.4 Å². The molecule has 38 heavy (non-hydrogen) atoms. The number of para-hydroxylation sites is 1. The summed E-state index contributed by atoms with van der Waals surface area (Å²) in [5, 5.41) is 12.5. The first-order chi connectivity index (χ1) is 18.4. The van der Waals surface area contributed by atoms with Crippen molar-refractivity contribution in [1.82, 2.24) is 9.78 Å². The zero-order valence-corrected chi connectivity index (χ0v) is 23.3. The summed E-state index contributed by atoms with van der Waals surface area (Å²) in [5.41, 5.74) is 5.42. The van der Waals surface area contributed by atoms with Crippen LogP contribution in [-0.4, -0.2) is 28.0 Å². The molecule has 0 amide bonds. The minimum atomic E-state index is -0.326. The fraction of sp³-hybridized carbons (Fsp3) is 0.276. The first kappa shape index (κ1) is 25.9. The van der Waals surface area contributed by atoms with Crippen LogP contribution in [0.3, 0.4) is 0 Å². The lowest BCUT2D eigenvalue weighted by atomic mass is 9.95. The van der Waals surface area contributed by atoms with Crippen LogP contribution < -0.4 is 15.4 Å². The number of benzene rings is 2. The lowest BCUT2D eigenvalue weighted by molar-refractivity contribution is 0.0601. The molecule has 9 heteroatoms. The molecule has 2 aromatic carbocycles. The highest BCUT2D eigenvalue weighted by atomic mass is 32.1. The zero-order chi connectivity index (χ0) is 26.6. The summed E-state index contributed by atoms with van der Waals surface area (Å²) < 4.78 is 13.0. The summed E-state index contributed by atoms with van der Waals surface area (Å²) in [7, 11) is 1.42. The van der Waals surface area contributed by atoms with Crippen molar-refractivity contribution >= 4 is 45.3 Å². The molecule has 0 saturated carbocycles. The SMILES string of the molecule is COC(=O)c1c(NC(=S)Nc2c(C)nn(Cc3cccc(Oc4ccccc4)c3)c2C)sc2c1CCCC2. The van der Waals surface area contributed by atoms with E-state index in [-0.39, 0.29) is 5.97 Å². The van der Waals surface area contributed by atoms with Crippen molar-refractivity contribution in [3.63, 3.8) is 0 Å². The summed E-state index contributed by atoms with van der Waals surface area (Å²) in [6.45, 7) is 4.55. The van der Waals surface area contributed by atoms with Gasteiger partial charge >= 0.3 is 5.97 Å². The second-order valence-corrected chi connectivity index (χ2v) is 10.8. The number of esters is 1. The Balaban J connectivity index is 1.30. The van der Waals surface area contributed by atoms with E-state index in [1.165, 1.54) is 12.0 Å². The van der Waals surface area contributed by atoms with E-state index in [2.05, 4.69) is 16.7 Å². The molecule has 2 heterocycles. The van der Waals surface area contributed by atoms with Crippen molar-refractivity contribution in [2.45, 2.75) is 46.1 Å². The maximum atomic E-state index is 12.6. The predicted octanol–water partition coefficient (Wildman–Crippen LogP) is 6.88. The minimum absolute atomic E-state index is 0.326. The van der Waals surface area contributed by atoms with Gasteiger partial charge in [-0.2, -0.15) is 5.10 Å². The normalized spacial score (nSPS) is 12.5. The fourth-order valence-corrected chi connectivity index (χ4v) is 6.31. The van der Waals surface area contributed by atoms with Crippen molar-refractivity contribution in [1.29, 1.82) is 0 Å². The van der Waals surface area contributed by atoms with Gasteiger partial charge in [0.05, 0.1) is 36.3 Å². The number of fused-ring (bicyclic) bond motifs is 1. The van der Waals surface area contributed by atoms with Crippen molar-refractivity contribution in [2.24, 2.45) is 0 Å². The Labute approximate surface area is 231 Å². The number of anilines is 2. The standard InChI is InChI=1S/C29H30N4O3S2/c1-18-26(30-29(37)31-27-25(28(34)35-3)23-14-7-8-15-24(23)38-27)19(2)33(32-18)17-20-10-9-13-22(16-20)36-21-11-5-4-6-12-21/h4-6,9-13,16H,7-8,14-15,17H2,1-3H3,(H2,30,31,37). The van der Waals surface area contributed by atoms with Gasteiger partial charge in [0.15, 0.2) is 5.11 Å². The van der Waals surface area contributed by atoms with E-state index >= 15 is 0 Å². The average molecular weight is 547 g/mol. The fourth-order valence-electron chi connectivity index (χ4n) is 4.76. The van der Waals surface area contributed by atoms with Crippen molar-refractivity contribution < 1.29 is 14.3 Å². The molecular weight excluding hydrogens is 516 g/mol. The Morgan fingerprint density at radius 1 is 1.05 bits per heavy atom. The Bertz CT molecular complexity index is 1480. The van der Waals surface area contributed by atoms with Crippen LogP contribution in [0.25, 0.3) is 0 Å². The molecule has 2 aromatic heterocycles. The third-order valence-electron chi connectivity index (χ3n) is 6.62. The van der Waals surface area contributed by atoms with Gasteiger partial charge in [0.1, 0.15) is 16.5 Å². The number of aryl methyl sites for hydroxylation is 2. The van der Waals surface area contributed by atoms with Gasteiger partial charge in [0.2, 0.25) is 0 Å². The topological polar surface area (TPSA) is 77.4 Å². The van der Waals surface area contributed by atoms with Crippen molar-refractivity contribution in [3.8, 4) is 11.5 Å². The maximum absolute atomic E-state index is 12.6. The Morgan fingerprint density at radius 3 is 2.61 bits per heavy atom. The van der Waals surface area contributed by atoms with Crippen LogP contribution in [0.1, 0.15) is 50.6 Å². The number of carbonyl (C=O) groups excluding carboxylic acids is 1. The molecule has 0 atom stereocenters. The number of methoxy groups -OCH3 is 1. The van der Waals surface area contributed by atoms with Crippen LogP contribution in [0, 0.1) is 13.8 Å². The van der Waals surface area contributed by atoms with Gasteiger partial charge in [-0.1, -0.05) is 30.3 Å². The van der Waals surface area contributed by atoms with Gasteiger partial charge in [0.25, 0.3) is 0 Å². The monoisotopic (exact) mass is 546 g/mol. The number of hydrogen-bond acceptors (Lipinski definition) is 6. The molecule has 1 aliphatic carbocycles. The van der Waals surface area contributed by atoms with Crippen molar-refractivity contribution in [2.75, 3.05) is 17.7 Å². The number of ether oxygens (including phenoxy) is 2. The van der Waals surface area contributed by atoms with Crippen LogP contribution in [0.5, 0.6) is 11.5 Å². The molecule has 0 radical (unpaired) electrons. The molecule has 2 N–H and O–H groups in total. The molecule has 1 aliphatic rings. The first-order valence-corrected chi connectivity index (χ1v) is 13.8. The average Bonchev–Trinajstić information content (AvgIpc) is 3.40. The molecule has 0 fully saturated rings. The summed E-state index contributed by atoms with van der Waals surface area (Å²) in [4.78, 5) is 13.8. The third-order valence-corrected chi connectivity index (χ3v) is 8.03. The smallest absolute Gasteiger partial charge is 0.341 e. The molecule has 0 saturated heterocycles. The number of thiophene rings is 1. The number of nitrogens with one attached hydrogen (secondary N) is 2. The third kappa shape index (κ3) is 5.58. The summed E-state index contributed by atoms with van der Waals surface area (Å²) in [6.07, 6.45) is 4.08. The van der Waals surface area contributed by atoms with Gasteiger partial charge in [-0.3, -0.25) is 4.68 Å². The van der Waals surface area contributed by atoms with Crippen LogP contribution in [-0.2, 0) is 24.1 Å². The van der Waals surface area contributed by atoms with Crippen LogP contribution in [0.15, 0.2) is 54.6 Å². The number of thiocarbonyl (C=S) groups is 1. The number of nitrogens with zero attached hydrogens (tertiary/aromatic N) is 2. The summed E-state index contributed by atoms with van der Waals surface area (Å²) in [5.74, 6) is 1.25. The van der Waals surface area contributed by atoms with E-state index < -0.39 is 0 Å². The Kier molecular flexibility index (Phi) is 7.76. The molecule has 196 valence electrons. The number of rotatable bonds is 7. The zero-order valence-electron chi connectivity index (χ0n) is 21.7. The van der Waals surface area contributed by atoms with E-state index in [9.17, 15) is 4.79 Å². The second kappa shape index (κ2) is 11.4. The molecule has 0 spiro atoms. The largest absolute Gasteiger partial charge is 0.465 e. The van der Waals surface area contributed by atoms with E-state index in [4.69, 9.17) is 26.8 Å². The Morgan fingerprint density at radius 2 is 1.82 bits per heavy atom. The lowest BCUT2D eigenvalue weighted by Gasteiger charge is -2.13. The van der Waals surface area contributed by atoms with E-state index in [0.29, 0.717) is 17.2 Å². The van der Waals surface area contributed by atoms with Crippen LogP contribution in [0.4, 0.5) is 10.7 Å². The highest BCUT2D eigenvalue weighted by Gasteiger charge is 2.26. The highest BCUT2D eigenvalue weighted by molar-refractivity contribution is 7.80. The van der Waals surface area contributed by atoms with Crippen LogP contribution >= 0.6 is 23.6 Å². The van der Waals surface area contributed by atoms with Gasteiger partial charge in [-0.15, -0.1) is 11.3 Å². The highest BCUT2D eigenvalue weighted by Crippen LogP contribution is 2.38. The maximum Gasteiger partial charge on any atom is 0.341 e. The number of hydrogen-bond donors (Lipinski definition) is 2. The van der Waals surface area contributed by atoms with E-state index in [1.807, 2.05) is 67.1 Å². The molecule has 0 unspecified atom stereocenters. The molecule has 5 rings (SSSR count). The lowest BCUT2D eigenvalue weighted by Crippen LogP contribution is -2.21. The number of aromatic nitrogens is 2. The minimum Gasteiger partial charge on any atom is -0.465 e. The van der Waals surface area contributed by atoms with Gasteiger partial charge < -0.3 is 20.1 Å². The summed E-state index contributed by atoms with van der Waals surface area (Å²) in [6, 6.07) is 17.7. The molecule has 0 aliphatic heterocycles. The quantitative estimate of drug-likeness (QED) is 0.193. The summed E-state index contributed by atoms with van der Waals surface area (Å²) >= 11 is 7.25. The molecule has 7 nitrogen and oxygen atoms in total. The molecule has 4 aromatic rings. The van der Waals surface area contributed by atoms with Crippen molar-refractivity contribution in [3.05, 3.63) is 87.6 Å². The van der Waals surface area contributed by atoms with Crippen LogP contribution in [0.2, 0.25) is 0 Å². The number of carbonyl (C=O) groups is 1. The predicted molar refractivity (Wildman–Crippen MR) is 156 cm³/mol. The first-order valence-electron chi connectivity index (χ1n) is 12.6. The Hall–Kier alpha value is -3.69. The van der Waals surface area contributed by atoms with E-state index in [1.54, 1.807) is 11.3 Å². The molecular formula is C29H30N4O3S2. The second-order valence-electron chi connectivity index (χ2n) is 9.25. The van der Waals surface area contributed by atoms with Gasteiger partial charge in [0, 0.05) is 4.88 Å². The molecule has 0 bridgehead atoms. The van der Waals surface area contributed by atoms with Gasteiger partial charge in [-0.25, -0.2) is 4.79 Å². The van der Waals surface area contributed by atoms with Gasteiger partial charge in [-0.05, 0) is 87.1 Å².